The van der Waals surface area contributed by atoms with Crippen molar-refractivity contribution in [1.82, 2.24) is 5.32 Å². The molecule has 0 radical (unpaired) electrons. The summed E-state index contributed by atoms with van der Waals surface area (Å²) >= 11 is 0. The first-order chi connectivity index (χ1) is 12.5. The van der Waals surface area contributed by atoms with E-state index in [4.69, 9.17) is 14.6 Å². The van der Waals surface area contributed by atoms with Gasteiger partial charge in [0.15, 0.2) is 0 Å². The van der Waals surface area contributed by atoms with E-state index in [0.717, 1.165) is 42.4 Å². The van der Waals surface area contributed by atoms with Crippen LogP contribution >= 0.6 is 0 Å². The number of carbonyl (C=O) groups is 1. The van der Waals surface area contributed by atoms with Crippen LogP contribution in [0.15, 0.2) is 28.7 Å². The lowest BCUT2D eigenvalue weighted by Crippen LogP contribution is -2.60. The predicted molar refractivity (Wildman–Crippen MR) is 97.0 cm³/mol. The number of nitrogens with one attached hydrogen (secondary N) is 2. The van der Waals surface area contributed by atoms with Crippen molar-refractivity contribution in [2.75, 3.05) is 7.11 Å². The number of benzene rings is 1. The summed E-state index contributed by atoms with van der Waals surface area (Å²) in [6.07, 6.45) is 7.31. The van der Waals surface area contributed by atoms with Crippen molar-refractivity contribution < 1.29 is 13.9 Å². The zero-order chi connectivity index (χ0) is 17.9. The smallest absolute Gasteiger partial charge is 0.257 e. The van der Waals surface area contributed by atoms with Crippen LogP contribution in [0.25, 0.3) is 11.0 Å². The fourth-order valence-corrected chi connectivity index (χ4v) is 5.98. The molecule has 0 spiro atoms. The SMILES string of the molecule is COc1ccc2cc(C(=O)NC34CC5CC(CC(C5)C3)C4)c(=N)oc2c1. The molecule has 2 N–H and O–H groups in total. The molecule has 4 saturated carbocycles. The number of hydrogen-bond acceptors (Lipinski definition) is 4. The molecule has 0 saturated heterocycles. The Morgan fingerprint density at radius 3 is 2.42 bits per heavy atom. The van der Waals surface area contributed by atoms with Gasteiger partial charge >= 0.3 is 0 Å². The Kier molecular flexibility index (Phi) is 3.43. The second kappa shape index (κ2) is 5.60. The second-order valence-electron chi connectivity index (χ2n) is 8.54. The summed E-state index contributed by atoms with van der Waals surface area (Å²) in [5.41, 5.74) is 0.722. The monoisotopic (exact) mass is 352 g/mol. The van der Waals surface area contributed by atoms with Gasteiger partial charge < -0.3 is 14.5 Å². The van der Waals surface area contributed by atoms with Crippen LogP contribution in [0.3, 0.4) is 0 Å². The summed E-state index contributed by atoms with van der Waals surface area (Å²) in [7, 11) is 1.59. The van der Waals surface area contributed by atoms with Gasteiger partial charge in [0.2, 0.25) is 5.55 Å². The number of carbonyl (C=O) groups excluding carboxylic acids is 1. The lowest BCUT2D eigenvalue weighted by molar-refractivity contribution is -0.0167. The van der Waals surface area contributed by atoms with Gasteiger partial charge in [-0.15, -0.1) is 0 Å². The molecule has 136 valence electrons. The highest BCUT2D eigenvalue weighted by Gasteiger charge is 2.51. The molecule has 5 heteroatoms. The summed E-state index contributed by atoms with van der Waals surface area (Å²) in [4.78, 5) is 13.0. The van der Waals surface area contributed by atoms with Crippen molar-refractivity contribution in [3.63, 3.8) is 0 Å². The van der Waals surface area contributed by atoms with Crippen molar-refractivity contribution in [3.8, 4) is 5.75 Å². The van der Waals surface area contributed by atoms with Crippen molar-refractivity contribution in [1.29, 1.82) is 5.41 Å². The van der Waals surface area contributed by atoms with Gasteiger partial charge in [-0.3, -0.25) is 10.2 Å². The van der Waals surface area contributed by atoms with Crippen molar-refractivity contribution in [3.05, 3.63) is 35.4 Å². The van der Waals surface area contributed by atoms with Crippen LogP contribution in [0.5, 0.6) is 5.75 Å². The Bertz CT molecular complexity index is 911. The van der Waals surface area contributed by atoms with Gasteiger partial charge in [0.25, 0.3) is 5.91 Å². The first-order valence-electron chi connectivity index (χ1n) is 9.53. The molecule has 1 aromatic heterocycles. The number of rotatable bonds is 3. The summed E-state index contributed by atoms with van der Waals surface area (Å²) in [5.74, 6) is 2.81. The lowest BCUT2D eigenvalue weighted by Gasteiger charge is -2.56. The average Bonchev–Trinajstić information content (AvgIpc) is 2.58. The third-order valence-electron chi connectivity index (χ3n) is 6.64. The highest BCUT2D eigenvalue weighted by Crippen LogP contribution is 2.55. The van der Waals surface area contributed by atoms with Gasteiger partial charge in [-0.25, -0.2) is 0 Å². The average molecular weight is 352 g/mol. The summed E-state index contributed by atoms with van der Waals surface area (Å²) in [5, 5.41) is 12.3. The molecule has 4 aliphatic rings. The van der Waals surface area contributed by atoms with Crippen molar-refractivity contribution in [2.45, 2.75) is 44.1 Å². The first kappa shape index (κ1) is 15.9. The standard InChI is InChI=1S/C21H24N2O3/c1-25-16-3-2-15-7-17(19(22)26-18(15)8-16)20(24)23-21-9-12-4-13(10-21)6-14(5-12)11-21/h2-3,7-8,12-14,22H,4-6,9-11H2,1H3,(H,23,24). The van der Waals surface area contributed by atoms with Crippen LogP contribution in [0.4, 0.5) is 0 Å². The summed E-state index contributed by atoms with van der Waals surface area (Å²) in [6.45, 7) is 0. The third-order valence-corrected chi connectivity index (χ3v) is 6.64. The van der Waals surface area contributed by atoms with Gasteiger partial charge in [-0.1, -0.05) is 0 Å². The molecule has 5 nitrogen and oxygen atoms in total. The molecule has 1 amide bonds. The Labute approximate surface area is 152 Å². The maximum Gasteiger partial charge on any atom is 0.257 e. The minimum absolute atomic E-state index is 0.0624. The molecule has 1 aromatic carbocycles. The molecule has 0 unspecified atom stereocenters. The second-order valence-corrected chi connectivity index (χ2v) is 8.54. The highest BCUT2D eigenvalue weighted by atomic mass is 16.5. The van der Waals surface area contributed by atoms with E-state index in [9.17, 15) is 4.79 Å². The Balaban J connectivity index is 1.45. The molecule has 6 rings (SSSR count). The Hall–Kier alpha value is -2.30. The number of fused-ring (bicyclic) bond motifs is 1. The Morgan fingerprint density at radius 2 is 1.81 bits per heavy atom. The van der Waals surface area contributed by atoms with Crippen molar-refractivity contribution >= 4 is 16.9 Å². The van der Waals surface area contributed by atoms with E-state index < -0.39 is 0 Å². The Morgan fingerprint density at radius 1 is 1.15 bits per heavy atom. The minimum atomic E-state index is -0.168. The van der Waals surface area contributed by atoms with Gasteiger partial charge in [-0.2, -0.15) is 0 Å². The molecule has 4 aliphatic carbocycles. The van der Waals surface area contributed by atoms with Crippen LogP contribution in [-0.2, 0) is 0 Å². The molecule has 1 heterocycles. The molecule has 0 aliphatic heterocycles. The topological polar surface area (TPSA) is 75.3 Å². The summed E-state index contributed by atoms with van der Waals surface area (Å²) < 4.78 is 10.8. The minimum Gasteiger partial charge on any atom is -0.497 e. The number of methoxy groups -OCH3 is 1. The molecule has 26 heavy (non-hydrogen) atoms. The van der Waals surface area contributed by atoms with E-state index in [1.165, 1.54) is 19.3 Å². The van der Waals surface area contributed by atoms with Crippen LogP contribution in [0, 0.1) is 23.2 Å². The van der Waals surface area contributed by atoms with Gasteiger partial charge in [-0.05, 0) is 74.5 Å². The third kappa shape index (κ3) is 2.52. The summed E-state index contributed by atoms with van der Waals surface area (Å²) in [6, 6.07) is 7.20. The van der Waals surface area contributed by atoms with E-state index in [0.29, 0.717) is 16.9 Å². The van der Waals surface area contributed by atoms with Crippen LogP contribution in [0.2, 0.25) is 0 Å². The van der Waals surface area contributed by atoms with E-state index in [1.54, 1.807) is 19.2 Å². The number of hydrogen-bond donors (Lipinski definition) is 2. The lowest BCUT2D eigenvalue weighted by atomic mass is 9.53. The van der Waals surface area contributed by atoms with Gasteiger partial charge in [0, 0.05) is 17.0 Å². The van der Waals surface area contributed by atoms with Crippen LogP contribution < -0.4 is 15.6 Å². The van der Waals surface area contributed by atoms with Crippen molar-refractivity contribution in [2.24, 2.45) is 17.8 Å². The normalized spacial score (nSPS) is 32.0. The quantitative estimate of drug-likeness (QED) is 0.886. The number of amides is 1. The zero-order valence-electron chi connectivity index (χ0n) is 15.0. The molecule has 0 atom stereocenters. The maximum atomic E-state index is 13.0. The molecule has 4 fully saturated rings. The van der Waals surface area contributed by atoms with Crippen LogP contribution in [0.1, 0.15) is 48.9 Å². The van der Waals surface area contributed by atoms with Gasteiger partial charge in [0.1, 0.15) is 16.9 Å². The fourth-order valence-electron chi connectivity index (χ4n) is 5.98. The molecular weight excluding hydrogens is 328 g/mol. The molecule has 4 bridgehead atoms. The fraction of sp³-hybridized carbons (Fsp3) is 0.524. The van der Waals surface area contributed by atoms with Crippen LogP contribution in [-0.4, -0.2) is 18.6 Å². The first-order valence-corrected chi connectivity index (χ1v) is 9.53. The maximum absolute atomic E-state index is 13.0. The molecular formula is C21H24N2O3. The van der Waals surface area contributed by atoms with E-state index in [-0.39, 0.29) is 17.0 Å². The van der Waals surface area contributed by atoms with E-state index >= 15 is 0 Å². The highest BCUT2D eigenvalue weighted by molar-refractivity contribution is 5.97. The van der Waals surface area contributed by atoms with E-state index in [1.807, 2.05) is 12.1 Å². The zero-order valence-corrected chi connectivity index (χ0v) is 15.0. The molecule has 2 aromatic rings. The number of ether oxygens (including phenoxy) is 1. The largest absolute Gasteiger partial charge is 0.497 e. The predicted octanol–water partition coefficient (Wildman–Crippen LogP) is 3.62. The van der Waals surface area contributed by atoms with E-state index in [2.05, 4.69) is 5.32 Å². The van der Waals surface area contributed by atoms with Gasteiger partial charge in [0.05, 0.1) is 7.11 Å².